The van der Waals surface area contributed by atoms with E-state index in [-0.39, 0.29) is 18.6 Å². The van der Waals surface area contributed by atoms with Crippen LogP contribution in [0.25, 0.3) is 0 Å². The lowest BCUT2D eigenvalue weighted by molar-refractivity contribution is -0.121. The van der Waals surface area contributed by atoms with Crippen molar-refractivity contribution in [1.29, 1.82) is 0 Å². The summed E-state index contributed by atoms with van der Waals surface area (Å²) in [4.78, 5) is 11.2. The molecule has 0 aromatic rings. The van der Waals surface area contributed by atoms with Gasteiger partial charge in [-0.2, -0.15) is 0 Å². The van der Waals surface area contributed by atoms with Gasteiger partial charge >= 0.3 is 0 Å². The van der Waals surface area contributed by atoms with Gasteiger partial charge in [0.25, 0.3) is 0 Å². The normalized spacial score (nSPS) is 16.3. The van der Waals surface area contributed by atoms with Crippen LogP contribution >= 0.6 is 0 Å². The molecule has 0 rings (SSSR count). The molecule has 0 fully saturated rings. The summed E-state index contributed by atoms with van der Waals surface area (Å²) < 4.78 is 0. The maximum Gasteiger partial charge on any atom is 0.138 e. The van der Waals surface area contributed by atoms with E-state index < -0.39 is 12.2 Å². The minimum atomic E-state index is -0.731. The van der Waals surface area contributed by atoms with Crippen LogP contribution in [0.3, 0.4) is 0 Å². The Kier molecular flexibility index (Phi) is 6.98. The lowest BCUT2D eigenvalue weighted by Gasteiger charge is -2.06. The summed E-state index contributed by atoms with van der Waals surface area (Å²) >= 11 is 0. The molecule has 0 aliphatic rings. The topological polar surface area (TPSA) is 57.5 Å². The van der Waals surface area contributed by atoms with Crippen LogP contribution < -0.4 is 0 Å². The molecule has 2 N–H and O–H groups in total. The molecule has 3 heteroatoms. The molecule has 0 aliphatic heterocycles. The lowest BCUT2D eigenvalue weighted by Crippen LogP contribution is -2.16. The molecule has 0 saturated heterocycles. The Morgan fingerprint density at radius 2 is 1.43 bits per heavy atom. The van der Waals surface area contributed by atoms with Gasteiger partial charge in [0.1, 0.15) is 5.78 Å². The predicted octanol–water partition coefficient (Wildman–Crippen LogP) is 1.21. The Morgan fingerprint density at radius 3 is 1.71 bits per heavy atom. The molecule has 0 saturated carbocycles. The molecule has 0 aromatic carbocycles. The SMILES string of the molecule is C/C=C/[C@H](O)CC(=O)C[C@@H](O)/C=C/C. The van der Waals surface area contributed by atoms with Crippen molar-refractivity contribution in [3.05, 3.63) is 24.3 Å². The molecule has 0 amide bonds. The highest BCUT2D eigenvalue weighted by molar-refractivity contribution is 5.79. The van der Waals surface area contributed by atoms with E-state index in [1.807, 2.05) is 0 Å². The van der Waals surface area contributed by atoms with Crippen LogP contribution in [-0.2, 0) is 4.79 Å². The fourth-order valence-electron chi connectivity index (χ4n) is 1.13. The second kappa shape index (κ2) is 7.47. The van der Waals surface area contributed by atoms with Gasteiger partial charge in [0, 0.05) is 12.8 Å². The van der Waals surface area contributed by atoms with E-state index in [0.29, 0.717) is 0 Å². The molecular formula is C11H18O3. The van der Waals surface area contributed by atoms with E-state index >= 15 is 0 Å². The number of allylic oxidation sites excluding steroid dienone is 2. The van der Waals surface area contributed by atoms with Crippen molar-refractivity contribution in [3.63, 3.8) is 0 Å². The number of rotatable bonds is 6. The van der Waals surface area contributed by atoms with Crippen molar-refractivity contribution in [2.24, 2.45) is 0 Å². The molecule has 0 radical (unpaired) electrons. The highest BCUT2D eigenvalue weighted by Crippen LogP contribution is 2.02. The highest BCUT2D eigenvalue weighted by atomic mass is 16.3. The fraction of sp³-hybridized carbons (Fsp3) is 0.545. The van der Waals surface area contributed by atoms with Crippen molar-refractivity contribution >= 4 is 5.78 Å². The summed E-state index contributed by atoms with van der Waals surface area (Å²) in [5.41, 5.74) is 0. The summed E-state index contributed by atoms with van der Waals surface area (Å²) in [5.74, 6) is -0.138. The smallest absolute Gasteiger partial charge is 0.138 e. The third-order valence-electron chi connectivity index (χ3n) is 1.70. The molecule has 3 nitrogen and oxygen atoms in total. The van der Waals surface area contributed by atoms with Crippen LogP contribution in [0.1, 0.15) is 26.7 Å². The van der Waals surface area contributed by atoms with Gasteiger partial charge < -0.3 is 10.2 Å². The number of carbonyl (C=O) groups excluding carboxylic acids is 1. The first-order valence-corrected chi connectivity index (χ1v) is 4.73. The van der Waals surface area contributed by atoms with Gasteiger partial charge in [0.05, 0.1) is 12.2 Å². The third-order valence-corrected chi connectivity index (χ3v) is 1.70. The van der Waals surface area contributed by atoms with Crippen LogP contribution in [0.2, 0.25) is 0 Å². The van der Waals surface area contributed by atoms with E-state index in [1.165, 1.54) is 0 Å². The second-order valence-electron chi connectivity index (χ2n) is 3.13. The monoisotopic (exact) mass is 198 g/mol. The van der Waals surface area contributed by atoms with Crippen molar-refractivity contribution < 1.29 is 15.0 Å². The van der Waals surface area contributed by atoms with E-state index in [9.17, 15) is 15.0 Å². The van der Waals surface area contributed by atoms with E-state index in [1.54, 1.807) is 38.2 Å². The molecule has 0 unspecified atom stereocenters. The quantitative estimate of drug-likeness (QED) is 0.631. The Balaban J connectivity index is 3.86. The van der Waals surface area contributed by atoms with Gasteiger partial charge in [-0.15, -0.1) is 0 Å². The second-order valence-corrected chi connectivity index (χ2v) is 3.13. The van der Waals surface area contributed by atoms with Crippen molar-refractivity contribution in [2.45, 2.75) is 38.9 Å². The lowest BCUT2D eigenvalue weighted by atomic mass is 10.1. The largest absolute Gasteiger partial charge is 0.389 e. The number of carbonyl (C=O) groups is 1. The first-order chi connectivity index (χ1) is 6.60. The van der Waals surface area contributed by atoms with Crippen LogP contribution in [0.5, 0.6) is 0 Å². The number of aliphatic hydroxyl groups is 2. The van der Waals surface area contributed by atoms with Crippen molar-refractivity contribution in [2.75, 3.05) is 0 Å². The average Bonchev–Trinajstić information content (AvgIpc) is 2.03. The first-order valence-electron chi connectivity index (χ1n) is 4.73. The molecule has 80 valence electrons. The van der Waals surface area contributed by atoms with Crippen molar-refractivity contribution in [3.8, 4) is 0 Å². The maximum absolute atomic E-state index is 11.2. The summed E-state index contributed by atoms with van der Waals surface area (Å²) in [6, 6.07) is 0. The standard InChI is InChI=1S/C11H18O3/c1-3-5-9(12)7-11(14)8-10(13)6-4-2/h3-6,9-10,12-13H,7-8H2,1-2H3/b5-3+,6-4+/t9-,10-/m0/s1. The number of hydrogen-bond acceptors (Lipinski definition) is 3. The maximum atomic E-state index is 11.2. The van der Waals surface area contributed by atoms with Gasteiger partial charge in [0.15, 0.2) is 0 Å². The summed E-state index contributed by atoms with van der Waals surface area (Å²) in [6.07, 6.45) is 5.17. The predicted molar refractivity (Wildman–Crippen MR) is 55.9 cm³/mol. The third kappa shape index (κ3) is 6.57. The minimum absolute atomic E-state index is 0.0684. The Bertz CT molecular complexity index is 197. The fourth-order valence-corrected chi connectivity index (χ4v) is 1.13. The van der Waals surface area contributed by atoms with Gasteiger partial charge in [-0.3, -0.25) is 4.79 Å². The summed E-state index contributed by atoms with van der Waals surface area (Å²) in [6.45, 7) is 3.56. The van der Waals surface area contributed by atoms with Crippen molar-refractivity contribution in [1.82, 2.24) is 0 Å². The highest BCUT2D eigenvalue weighted by Gasteiger charge is 2.11. The number of aliphatic hydroxyl groups excluding tert-OH is 2. The minimum Gasteiger partial charge on any atom is -0.389 e. The molecule has 0 spiro atoms. The Hall–Kier alpha value is -0.930. The number of ketones is 1. The molecule has 14 heavy (non-hydrogen) atoms. The zero-order valence-electron chi connectivity index (χ0n) is 8.68. The van der Waals surface area contributed by atoms with Gasteiger partial charge in [-0.1, -0.05) is 24.3 Å². The van der Waals surface area contributed by atoms with Gasteiger partial charge in [-0.05, 0) is 13.8 Å². The van der Waals surface area contributed by atoms with Crippen LogP contribution in [0.15, 0.2) is 24.3 Å². The zero-order chi connectivity index (χ0) is 11.0. The van der Waals surface area contributed by atoms with Gasteiger partial charge in [0.2, 0.25) is 0 Å². The number of hydrogen-bond donors (Lipinski definition) is 2. The average molecular weight is 198 g/mol. The van der Waals surface area contributed by atoms with Crippen LogP contribution in [0, 0.1) is 0 Å². The van der Waals surface area contributed by atoms with Gasteiger partial charge in [-0.25, -0.2) is 0 Å². The summed E-state index contributed by atoms with van der Waals surface area (Å²) in [7, 11) is 0. The molecule has 2 atom stereocenters. The van der Waals surface area contributed by atoms with E-state index in [2.05, 4.69) is 0 Å². The van der Waals surface area contributed by atoms with E-state index in [4.69, 9.17) is 0 Å². The van der Waals surface area contributed by atoms with E-state index in [0.717, 1.165) is 0 Å². The van der Waals surface area contributed by atoms with Crippen LogP contribution in [0.4, 0.5) is 0 Å². The molecule has 0 aromatic heterocycles. The first kappa shape index (κ1) is 13.1. The summed E-state index contributed by atoms with van der Waals surface area (Å²) in [5, 5.41) is 18.5. The number of Topliss-reactive ketones (excluding diaryl/α,β-unsaturated/α-hetero) is 1. The molecule has 0 bridgehead atoms. The molecule has 0 heterocycles. The Labute approximate surface area is 84.8 Å². The molecular weight excluding hydrogens is 180 g/mol. The van der Waals surface area contributed by atoms with Crippen LogP contribution in [-0.4, -0.2) is 28.2 Å². The molecule has 0 aliphatic carbocycles. The zero-order valence-corrected chi connectivity index (χ0v) is 8.68. The Morgan fingerprint density at radius 1 is 1.07 bits per heavy atom.